The molecule has 0 aromatic heterocycles. The fourth-order valence-electron chi connectivity index (χ4n) is 5.33. The SMILES string of the molecule is CC(=O)Oc1ccc2c(c1)Oc1cc(OC(C)=O)ccc1C21OC(=O)c2cc(C(=O)NCC(=O)SCc3ccccc3)ccc21. The quantitative estimate of drug-likeness (QED) is 0.214. The minimum Gasteiger partial charge on any atom is -0.456 e. The van der Waals surface area contributed by atoms with Crippen LogP contribution in [-0.4, -0.2) is 35.5 Å². The summed E-state index contributed by atoms with van der Waals surface area (Å²) >= 11 is 1.10. The van der Waals surface area contributed by atoms with E-state index in [2.05, 4.69) is 5.32 Å². The molecule has 2 aliphatic rings. The molecule has 2 heterocycles. The van der Waals surface area contributed by atoms with Gasteiger partial charge in [0.1, 0.15) is 23.0 Å². The number of carbonyl (C=O) groups excluding carboxylic acids is 5. The van der Waals surface area contributed by atoms with Crippen molar-refractivity contribution in [1.29, 1.82) is 0 Å². The molecule has 6 rings (SSSR count). The molecule has 2 aliphatic heterocycles. The van der Waals surface area contributed by atoms with Crippen LogP contribution in [0, 0.1) is 0 Å². The summed E-state index contributed by atoms with van der Waals surface area (Å²) in [5.74, 6) is -0.861. The second-order valence-corrected chi connectivity index (χ2v) is 11.3. The maximum absolute atomic E-state index is 13.5. The first kappa shape index (κ1) is 29.6. The molecule has 1 spiro atoms. The van der Waals surface area contributed by atoms with E-state index in [1.165, 1.54) is 32.0 Å². The molecule has 11 heteroatoms. The van der Waals surface area contributed by atoms with Crippen LogP contribution < -0.4 is 19.5 Å². The number of esters is 3. The summed E-state index contributed by atoms with van der Waals surface area (Å²) in [6, 6.07) is 23.5. The van der Waals surface area contributed by atoms with Crippen LogP contribution in [0.4, 0.5) is 0 Å². The van der Waals surface area contributed by atoms with Crippen LogP contribution in [0.15, 0.2) is 84.9 Å². The number of hydrogen-bond donors (Lipinski definition) is 1. The van der Waals surface area contributed by atoms with Crippen LogP contribution >= 0.6 is 11.8 Å². The lowest BCUT2D eigenvalue weighted by Crippen LogP contribution is -2.33. The topological polar surface area (TPSA) is 134 Å². The Bertz CT molecular complexity index is 1820. The third-order valence-corrected chi connectivity index (χ3v) is 8.11. The smallest absolute Gasteiger partial charge is 0.340 e. The average molecular weight is 624 g/mol. The van der Waals surface area contributed by atoms with E-state index < -0.39 is 29.4 Å². The monoisotopic (exact) mass is 623 g/mol. The Hall–Kier alpha value is -5.42. The number of carbonyl (C=O) groups is 5. The Morgan fingerprint density at radius 3 is 1.98 bits per heavy atom. The van der Waals surface area contributed by atoms with Gasteiger partial charge in [0, 0.05) is 54.0 Å². The molecule has 4 aromatic rings. The molecular formula is C34H25NO9S. The number of thioether (sulfide) groups is 1. The zero-order valence-corrected chi connectivity index (χ0v) is 24.9. The number of hydrogen-bond acceptors (Lipinski definition) is 10. The Morgan fingerprint density at radius 1 is 0.778 bits per heavy atom. The van der Waals surface area contributed by atoms with Gasteiger partial charge in [0.05, 0.1) is 12.1 Å². The lowest BCUT2D eigenvalue weighted by molar-refractivity contribution is -0.132. The summed E-state index contributed by atoms with van der Waals surface area (Å²) in [6.45, 7) is 2.35. The molecule has 1 N–H and O–H groups in total. The minimum atomic E-state index is -1.49. The highest BCUT2D eigenvalue weighted by molar-refractivity contribution is 8.13. The van der Waals surface area contributed by atoms with Gasteiger partial charge < -0.3 is 24.3 Å². The van der Waals surface area contributed by atoms with Crippen molar-refractivity contribution in [1.82, 2.24) is 5.32 Å². The van der Waals surface area contributed by atoms with Crippen molar-refractivity contribution in [2.45, 2.75) is 25.2 Å². The van der Waals surface area contributed by atoms with Crippen LogP contribution in [0.3, 0.4) is 0 Å². The fourth-order valence-corrected chi connectivity index (χ4v) is 6.03. The van der Waals surface area contributed by atoms with Crippen molar-refractivity contribution in [3.8, 4) is 23.0 Å². The van der Waals surface area contributed by atoms with E-state index in [0.29, 0.717) is 22.4 Å². The van der Waals surface area contributed by atoms with Crippen molar-refractivity contribution in [3.63, 3.8) is 0 Å². The summed E-state index contributed by atoms with van der Waals surface area (Å²) in [5, 5.41) is 2.42. The maximum Gasteiger partial charge on any atom is 0.340 e. The minimum absolute atomic E-state index is 0.152. The zero-order valence-electron chi connectivity index (χ0n) is 24.1. The van der Waals surface area contributed by atoms with E-state index in [1.54, 1.807) is 36.4 Å². The van der Waals surface area contributed by atoms with Gasteiger partial charge in [-0.3, -0.25) is 19.2 Å². The molecule has 0 unspecified atom stereocenters. The molecule has 0 fully saturated rings. The number of amides is 1. The number of fused-ring (bicyclic) bond motifs is 6. The molecule has 226 valence electrons. The van der Waals surface area contributed by atoms with Gasteiger partial charge >= 0.3 is 17.9 Å². The second kappa shape index (κ2) is 11.9. The first-order valence-electron chi connectivity index (χ1n) is 13.8. The molecule has 0 radical (unpaired) electrons. The number of nitrogens with one attached hydrogen (secondary N) is 1. The highest BCUT2D eigenvalue weighted by atomic mass is 32.2. The van der Waals surface area contributed by atoms with Crippen LogP contribution in [0.5, 0.6) is 23.0 Å². The Kier molecular flexibility index (Phi) is 7.86. The van der Waals surface area contributed by atoms with E-state index in [9.17, 15) is 24.0 Å². The van der Waals surface area contributed by atoms with Gasteiger partial charge in [-0.1, -0.05) is 48.2 Å². The third kappa shape index (κ3) is 5.77. The van der Waals surface area contributed by atoms with Crippen LogP contribution in [0.1, 0.15) is 56.8 Å². The molecule has 45 heavy (non-hydrogen) atoms. The first-order chi connectivity index (χ1) is 21.6. The summed E-state index contributed by atoms with van der Waals surface area (Å²) in [4.78, 5) is 62.1. The fraction of sp³-hybridized carbons (Fsp3) is 0.147. The van der Waals surface area contributed by atoms with Gasteiger partial charge in [-0.25, -0.2) is 4.79 Å². The van der Waals surface area contributed by atoms with Crippen molar-refractivity contribution < 1.29 is 42.9 Å². The molecule has 10 nitrogen and oxygen atoms in total. The largest absolute Gasteiger partial charge is 0.456 e. The first-order valence-corrected chi connectivity index (χ1v) is 14.8. The average Bonchev–Trinajstić information content (AvgIpc) is 3.30. The standard InChI is InChI=1S/C34H25NO9S/c1-19(36)41-23-9-12-27-29(15-23)43-30-16-24(42-20(2)37)10-13-28(30)34(27)26-11-8-22(14-25(26)33(40)44-34)32(39)35-17-31(38)45-18-21-6-4-3-5-7-21/h3-16H,17-18H2,1-2H3,(H,35,39). The highest BCUT2D eigenvalue weighted by Crippen LogP contribution is 2.57. The molecular weight excluding hydrogens is 598 g/mol. The number of rotatable bonds is 7. The van der Waals surface area contributed by atoms with E-state index in [1.807, 2.05) is 30.3 Å². The van der Waals surface area contributed by atoms with Gasteiger partial charge in [0.2, 0.25) is 5.12 Å². The van der Waals surface area contributed by atoms with Crippen LogP contribution in [0.2, 0.25) is 0 Å². The van der Waals surface area contributed by atoms with Gasteiger partial charge in [-0.2, -0.15) is 0 Å². The highest BCUT2D eigenvalue weighted by Gasteiger charge is 2.54. The van der Waals surface area contributed by atoms with E-state index in [4.69, 9.17) is 18.9 Å². The molecule has 0 saturated carbocycles. The lowest BCUT2D eigenvalue weighted by atomic mass is 9.77. The van der Waals surface area contributed by atoms with Crippen molar-refractivity contribution in [3.05, 3.63) is 118 Å². The summed E-state index contributed by atoms with van der Waals surface area (Å²) in [6.07, 6.45) is 0. The number of benzene rings is 4. The third-order valence-electron chi connectivity index (χ3n) is 7.17. The predicted octanol–water partition coefficient (Wildman–Crippen LogP) is 5.30. The van der Waals surface area contributed by atoms with Crippen LogP contribution in [-0.2, 0) is 30.5 Å². The van der Waals surface area contributed by atoms with E-state index >= 15 is 0 Å². The molecule has 0 aliphatic carbocycles. The Labute approximate surface area is 261 Å². The molecule has 4 aromatic carbocycles. The van der Waals surface area contributed by atoms with Gasteiger partial charge in [0.25, 0.3) is 5.91 Å². The van der Waals surface area contributed by atoms with Crippen molar-refractivity contribution in [2.24, 2.45) is 0 Å². The molecule has 0 saturated heterocycles. The molecule has 1 amide bonds. The van der Waals surface area contributed by atoms with Crippen LogP contribution in [0.25, 0.3) is 0 Å². The zero-order chi connectivity index (χ0) is 31.7. The predicted molar refractivity (Wildman–Crippen MR) is 162 cm³/mol. The Balaban J connectivity index is 1.32. The van der Waals surface area contributed by atoms with E-state index in [-0.39, 0.29) is 45.8 Å². The van der Waals surface area contributed by atoms with Crippen molar-refractivity contribution in [2.75, 3.05) is 6.54 Å². The normalized spacial score (nSPS) is 13.4. The van der Waals surface area contributed by atoms with Crippen molar-refractivity contribution >= 4 is 40.7 Å². The second-order valence-electron chi connectivity index (χ2n) is 10.3. The summed E-state index contributed by atoms with van der Waals surface area (Å²) in [5.41, 5.74) is 1.19. The number of ether oxygens (including phenoxy) is 4. The maximum atomic E-state index is 13.5. The van der Waals surface area contributed by atoms with Gasteiger partial charge in [-0.15, -0.1) is 0 Å². The molecule has 0 bridgehead atoms. The summed E-state index contributed by atoms with van der Waals surface area (Å²) in [7, 11) is 0. The summed E-state index contributed by atoms with van der Waals surface area (Å²) < 4.78 is 22.8. The van der Waals surface area contributed by atoms with E-state index in [0.717, 1.165) is 17.3 Å². The molecule has 0 atom stereocenters. The van der Waals surface area contributed by atoms with Gasteiger partial charge in [-0.05, 0) is 42.0 Å². The van der Waals surface area contributed by atoms with Gasteiger partial charge in [0.15, 0.2) is 5.60 Å². The Morgan fingerprint density at radius 2 is 1.38 bits per heavy atom. The lowest BCUT2D eigenvalue weighted by Gasteiger charge is -2.36.